The molecule has 0 N–H and O–H groups in total. The van der Waals surface area contributed by atoms with E-state index in [2.05, 4.69) is 29.2 Å². The van der Waals surface area contributed by atoms with Gasteiger partial charge in [-0.3, -0.25) is 14.5 Å². The first-order valence-corrected chi connectivity index (χ1v) is 9.40. The largest absolute Gasteiger partial charge is 0.339 e. The third kappa shape index (κ3) is 3.90. The number of likely N-dealkylation sites (N-methyl/N-ethyl adjacent to an activating group) is 1. The van der Waals surface area contributed by atoms with Crippen LogP contribution in [-0.2, 0) is 16.0 Å². The number of anilines is 1. The molecule has 0 saturated carbocycles. The molecule has 1 aliphatic heterocycles. The van der Waals surface area contributed by atoms with Crippen molar-refractivity contribution in [1.29, 1.82) is 0 Å². The Hall–Kier alpha value is -2.21. The molecular formula is C19H23N3O2S. The second kappa shape index (κ2) is 7.35. The summed E-state index contributed by atoms with van der Waals surface area (Å²) >= 11 is 1.43. The second-order valence-corrected chi connectivity index (χ2v) is 7.37. The van der Waals surface area contributed by atoms with Crippen LogP contribution in [0.1, 0.15) is 42.6 Å². The number of thiazole rings is 1. The van der Waals surface area contributed by atoms with Crippen LogP contribution >= 0.6 is 11.3 Å². The van der Waals surface area contributed by atoms with E-state index in [-0.39, 0.29) is 24.3 Å². The average molecular weight is 357 g/mol. The van der Waals surface area contributed by atoms with Crippen LogP contribution in [0.25, 0.3) is 0 Å². The lowest BCUT2D eigenvalue weighted by atomic mass is 10.1. The quantitative estimate of drug-likeness (QED) is 0.825. The van der Waals surface area contributed by atoms with Gasteiger partial charge >= 0.3 is 0 Å². The minimum Gasteiger partial charge on any atom is -0.339 e. The Morgan fingerprint density at radius 2 is 2.08 bits per heavy atom. The summed E-state index contributed by atoms with van der Waals surface area (Å²) in [7, 11) is 1.82. The molecule has 0 spiro atoms. The molecule has 0 radical (unpaired) electrons. The van der Waals surface area contributed by atoms with Gasteiger partial charge in [-0.25, -0.2) is 4.98 Å². The van der Waals surface area contributed by atoms with Crippen molar-refractivity contribution in [3.05, 3.63) is 46.5 Å². The Bertz CT molecular complexity index is 769. The van der Waals surface area contributed by atoms with E-state index in [1.165, 1.54) is 16.9 Å². The zero-order valence-corrected chi connectivity index (χ0v) is 15.7. The lowest BCUT2D eigenvalue weighted by molar-refractivity contribution is -0.131. The number of aryl methyl sites for hydroxylation is 1. The summed E-state index contributed by atoms with van der Waals surface area (Å²) in [6, 6.07) is 8.24. The fraction of sp³-hybridized carbons (Fsp3) is 0.421. The number of hydrogen-bond acceptors (Lipinski definition) is 4. The summed E-state index contributed by atoms with van der Waals surface area (Å²) in [6.45, 7) is 4.80. The van der Waals surface area contributed by atoms with Crippen LogP contribution in [0, 0.1) is 6.92 Å². The van der Waals surface area contributed by atoms with Gasteiger partial charge in [0, 0.05) is 25.4 Å². The molecule has 1 aliphatic rings. The SMILES string of the molecule is Cc1ccc(C(C)N(C)C(=O)Cc2csc(N3CCCC3=O)n2)cc1. The molecular weight excluding hydrogens is 334 g/mol. The zero-order chi connectivity index (χ0) is 18.0. The van der Waals surface area contributed by atoms with E-state index >= 15 is 0 Å². The molecule has 1 atom stereocenters. The molecule has 1 unspecified atom stereocenters. The lowest BCUT2D eigenvalue weighted by Crippen LogP contribution is -2.31. The molecule has 2 aromatic rings. The van der Waals surface area contributed by atoms with Crippen molar-refractivity contribution in [2.75, 3.05) is 18.5 Å². The molecule has 132 valence electrons. The van der Waals surface area contributed by atoms with Crippen LogP contribution in [0.15, 0.2) is 29.6 Å². The summed E-state index contributed by atoms with van der Waals surface area (Å²) in [5, 5.41) is 2.59. The van der Waals surface area contributed by atoms with E-state index < -0.39 is 0 Å². The highest BCUT2D eigenvalue weighted by molar-refractivity contribution is 7.14. The topological polar surface area (TPSA) is 53.5 Å². The van der Waals surface area contributed by atoms with Crippen LogP contribution < -0.4 is 4.90 Å². The zero-order valence-electron chi connectivity index (χ0n) is 14.9. The molecule has 1 aromatic carbocycles. The van der Waals surface area contributed by atoms with Gasteiger partial charge in [-0.1, -0.05) is 29.8 Å². The van der Waals surface area contributed by atoms with Gasteiger partial charge in [0.1, 0.15) is 0 Å². The summed E-state index contributed by atoms with van der Waals surface area (Å²) in [6.07, 6.45) is 1.72. The minimum absolute atomic E-state index is 0.00589. The maximum atomic E-state index is 12.6. The van der Waals surface area contributed by atoms with Gasteiger partial charge in [0.15, 0.2) is 5.13 Å². The Morgan fingerprint density at radius 3 is 2.72 bits per heavy atom. The summed E-state index contributed by atoms with van der Waals surface area (Å²) in [4.78, 5) is 32.4. The van der Waals surface area contributed by atoms with Crippen molar-refractivity contribution in [3.8, 4) is 0 Å². The molecule has 0 aliphatic carbocycles. The van der Waals surface area contributed by atoms with Crippen molar-refractivity contribution in [3.63, 3.8) is 0 Å². The Morgan fingerprint density at radius 1 is 1.36 bits per heavy atom. The summed E-state index contributed by atoms with van der Waals surface area (Å²) in [5.41, 5.74) is 3.05. The number of benzene rings is 1. The number of carbonyl (C=O) groups excluding carboxylic acids is 2. The van der Waals surface area contributed by atoms with Gasteiger partial charge in [-0.2, -0.15) is 0 Å². The number of rotatable bonds is 5. The number of amides is 2. The lowest BCUT2D eigenvalue weighted by Gasteiger charge is -2.25. The van der Waals surface area contributed by atoms with Gasteiger partial charge in [0.05, 0.1) is 18.2 Å². The van der Waals surface area contributed by atoms with E-state index in [4.69, 9.17) is 0 Å². The van der Waals surface area contributed by atoms with Crippen LogP contribution in [0.2, 0.25) is 0 Å². The summed E-state index contributed by atoms with van der Waals surface area (Å²) in [5.74, 6) is 0.148. The Kier molecular flexibility index (Phi) is 5.18. The van der Waals surface area contributed by atoms with Gasteiger partial charge in [0.2, 0.25) is 11.8 Å². The van der Waals surface area contributed by atoms with E-state index in [9.17, 15) is 9.59 Å². The first-order valence-electron chi connectivity index (χ1n) is 8.52. The number of carbonyl (C=O) groups is 2. The van der Waals surface area contributed by atoms with Crippen molar-refractivity contribution in [2.24, 2.45) is 0 Å². The van der Waals surface area contributed by atoms with Gasteiger partial charge in [-0.05, 0) is 25.8 Å². The minimum atomic E-state index is 0.00589. The van der Waals surface area contributed by atoms with Crippen molar-refractivity contribution in [2.45, 2.75) is 39.2 Å². The van der Waals surface area contributed by atoms with E-state index in [1.807, 2.05) is 26.3 Å². The van der Waals surface area contributed by atoms with Crippen LogP contribution in [0.3, 0.4) is 0 Å². The van der Waals surface area contributed by atoms with Gasteiger partial charge in [0.25, 0.3) is 0 Å². The molecule has 2 heterocycles. The normalized spacial score (nSPS) is 15.5. The molecule has 1 fully saturated rings. The first-order chi connectivity index (χ1) is 12.0. The smallest absolute Gasteiger partial charge is 0.228 e. The van der Waals surface area contributed by atoms with Crippen LogP contribution in [-0.4, -0.2) is 35.3 Å². The van der Waals surface area contributed by atoms with Crippen molar-refractivity contribution < 1.29 is 9.59 Å². The third-order valence-corrected chi connectivity index (χ3v) is 5.62. The highest BCUT2D eigenvalue weighted by Crippen LogP contribution is 2.26. The van der Waals surface area contributed by atoms with E-state index in [1.54, 1.807) is 9.80 Å². The van der Waals surface area contributed by atoms with Gasteiger partial charge in [-0.15, -0.1) is 11.3 Å². The standard InChI is InChI=1S/C19H23N3O2S/c1-13-6-8-15(9-7-13)14(2)21(3)18(24)11-16-12-25-19(20-16)22-10-4-5-17(22)23/h6-9,12,14H,4-5,10-11H2,1-3H3. The summed E-state index contributed by atoms with van der Waals surface area (Å²) < 4.78 is 0. The fourth-order valence-corrected chi connectivity index (χ4v) is 3.78. The number of nitrogens with zero attached hydrogens (tertiary/aromatic N) is 3. The molecule has 1 saturated heterocycles. The highest BCUT2D eigenvalue weighted by atomic mass is 32.1. The predicted molar refractivity (Wildman–Crippen MR) is 99.8 cm³/mol. The second-order valence-electron chi connectivity index (χ2n) is 6.54. The van der Waals surface area contributed by atoms with Crippen LogP contribution in [0.5, 0.6) is 0 Å². The van der Waals surface area contributed by atoms with E-state index in [0.717, 1.165) is 24.2 Å². The average Bonchev–Trinajstić information content (AvgIpc) is 3.22. The first kappa shape index (κ1) is 17.6. The van der Waals surface area contributed by atoms with E-state index in [0.29, 0.717) is 11.6 Å². The monoisotopic (exact) mass is 357 g/mol. The maximum absolute atomic E-state index is 12.6. The maximum Gasteiger partial charge on any atom is 0.228 e. The molecule has 2 amide bonds. The van der Waals surface area contributed by atoms with Crippen molar-refractivity contribution in [1.82, 2.24) is 9.88 Å². The molecule has 0 bridgehead atoms. The predicted octanol–water partition coefficient (Wildman–Crippen LogP) is 3.34. The fourth-order valence-electron chi connectivity index (χ4n) is 2.92. The van der Waals surface area contributed by atoms with Crippen LogP contribution in [0.4, 0.5) is 5.13 Å². The van der Waals surface area contributed by atoms with Crippen molar-refractivity contribution >= 4 is 28.3 Å². The molecule has 5 nitrogen and oxygen atoms in total. The number of aromatic nitrogens is 1. The van der Waals surface area contributed by atoms with Gasteiger partial charge < -0.3 is 4.90 Å². The molecule has 6 heteroatoms. The Labute approximate surface area is 152 Å². The number of hydrogen-bond donors (Lipinski definition) is 0. The Balaban J connectivity index is 1.64. The molecule has 25 heavy (non-hydrogen) atoms. The highest BCUT2D eigenvalue weighted by Gasteiger charge is 2.25. The molecule has 3 rings (SSSR count). The third-order valence-electron chi connectivity index (χ3n) is 4.71. The molecule has 1 aromatic heterocycles.